The van der Waals surface area contributed by atoms with Crippen LogP contribution in [0, 0.1) is 0 Å². The molecule has 4 heterocycles. The van der Waals surface area contributed by atoms with E-state index < -0.39 is 0 Å². The molecule has 0 radical (unpaired) electrons. The van der Waals surface area contributed by atoms with Gasteiger partial charge in [0.1, 0.15) is 0 Å². The average molecular weight is 1520 g/mol. The predicted molar refractivity (Wildman–Crippen MR) is 507 cm³/mol. The number of hydrogen-bond donors (Lipinski definition) is 0. The van der Waals surface area contributed by atoms with E-state index in [9.17, 15) is 0 Å². The van der Waals surface area contributed by atoms with Crippen LogP contribution in [0.2, 0.25) is 0 Å². The van der Waals surface area contributed by atoms with Crippen LogP contribution >= 0.6 is 0 Å². The molecule has 2 aliphatic carbocycles. The summed E-state index contributed by atoms with van der Waals surface area (Å²) in [6.45, 7) is 0. The SMILES string of the molecule is c1ccc(-n2c3ccccc3c3cc(-c4ccc5c(c4)c4ccc6ccccc6c4n5-c4cccc(-c5cc6c7c(cc(-c8ccc(-n9c%10ccc(-c%11ccc%12c(c%11)c%11c%13ccccc%13ccc%11n%12-c%11cccc(-c%12cc%13c%14c(cccc%14c%12)-c%12ccccc%12-%13)c%11)cc%10c%10cc%11ccccc%11cc%109)cc8)cc7c5)-c5ccccc5-6)c4)ccc32)cc1. The highest BCUT2D eigenvalue weighted by Gasteiger charge is 2.28. The van der Waals surface area contributed by atoms with Crippen molar-refractivity contribution in [1.82, 2.24) is 18.3 Å². The topological polar surface area (TPSA) is 19.7 Å². The normalized spacial score (nSPS) is 12.3. The lowest BCUT2D eigenvalue weighted by molar-refractivity contribution is 1.18. The molecular formula is C116H68N4. The standard InChI is InChI=1S/C116H68N4/c1-2-26-85(27-3-1)117-106-38-15-14-36-95(106)98-61-76(43-50-107(98)117)77-45-52-109-99(62-77)97-49-41-71-20-7-9-31-90(71)116(97)120(109)88-29-17-24-73(59-88)83-57-84-56-81(65-103-93-34-12-13-35-94(93)104(67-83)114(84)103)69-39-47-86(48-40-69)118-108-51-44-78(63-100(108)101-60-74-21-4-5-22-75(74)68-112(101)118)79-46-53-110-105(64-79)115-89-30-8-6-19-70(89)42-54-111(115)119(110)87-28-16-23-72(58-87)82-55-80-25-18-37-96-91-32-10-11-33-92(91)102(66-82)113(80)96/h1-68H. The van der Waals surface area contributed by atoms with Crippen molar-refractivity contribution in [3.63, 3.8) is 0 Å². The van der Waals surface area contributed by atoms with Crippen LogP contribution in [-0.4, -0.2) is 18.3 Å². The van der Waals surface area contributed by atoms with Gasteiger partial charge in [-0.2, -0.15) is 0 Å². The minimum atomic E-state index is 1.12. The third-order valence-electron chi connectivity index (χ3n) is 26.7. The lowest BCUT2D eigenvalue weighted by atomic mass is 9.93. The first-order valence-electron chi connectivity index (χ1n) is 41.7. The fourth-order valence-electron chi connectivity index (χ4n) is 21.3. The largest absolute Gasteiger partial charge is 0.309 e. The van der Waals surface area contributed by atoms with Crippen LogP contribution in [0.15, 0.2) is 413 Å². The van der Waals surface area contributed by atoms with Gasteiger partial charge in [0.25, 0.3) is 0 Å². The molecule has 0 fully saturated rings. The first-order valence-corrected chi connectivity index (χ1v) is 41.7. The highest BCUT2D eigenvalue weighted by molar-refractivity contribution is 6.25. The monoisotopic (exact) mass is 1520 g/mol. The van der Waals surface area contributed by atoms with E-state index in [2.05, 4.69) is 431 Å². The second-order valence-electron chi connectivity index (χ2n) is 33.0. The van der Waals surface area contributed by atoms with Crippen LogP contribution in [0.5, 0.6) is 0 Å². The smallest absolute Gasteiger partial charge is 0.0619 e. The van der Waals surface area contributed by atoms with E-state index in [1.165, 1.54) is 241 Å². The Balaban J connectivity index is 0.556. The van der Waals surface area contributed by atoms with Gasteiger partial charge in [-0.25, -0.2) is 0 Å². The minimum absolute atomic E-state index is 1.12. The summed E-state index contributed by atoms with van der Waals surface area (Å²) >= 11 is 0. The van der Waals surface area contributed by atoms with Gasteiger partial charge in [0, 0.05) is 71.2 Å². The van der Waals surface area contributed by atoms with Crippen LogP contribution in [0.25, 0.3) is 264 Å². The van der Waals surface area contributed by atoms with Crippen molar-refractivity contribution in [1.29, 1.82) is 0 Å². The van der Waals surface area contributed by atoms with Gasteiger partial charge in [0.15, 0.2) is 0 Å². The van der Waals surface area contributed by atoms with Crippen molar-refractivity contribution in [2.45, 2.75) is 0 Å². The molecule has 0 bridgehead atoms. The summed E-state index contributed by atoms with van der Waals surface area (Å²) < 4.78 is 9.89. The Morgan fingerprint density at radius 3 is 1.16 bits per heavy atom. The second kappa shape index (κ2) is 24.8. The number of benzene rings is 21. The average Bonchev–Trinajstić information content (AvgIpc) is 1.57. The highest BCUT2D eigenvalue weighted by Crippen LogP contribution is 2.53. The summed E-state index contributed by atoms with van der Waals surface area (Å²) in [5, 5.41) is 22.4. The Kier molecular flexibility index (Phi) is 13.5. The molecule has 25 aromatic rings. The van der Waals surface area contributed by atoms with Gasteiger partial charge in [0.05, 0.1) is 44.1 Å². The molecule has 0 spiro atoms. The van der Waals surface area contributed by atoms with E-state index in [1.54, 1.807) is 0 Å². The maximum Gasteiger partial charge on any atom is 0.0619 e. The molecule has 0 amide bonds. The lowest BCUT2D eigenvalue weighted by Gasteiger charge is -2.14. The van der Waals surface area contributed by atoms with Gasteiger partial charge in [-0.3, -0.25) is 0 Å². The quantitative estimate of drug-likeness (QED) is 0.137. The van der Waals surface area contributed by atoms with Crippen LogP contribution in [0.4, 0.5) is 0 Å². The van der Waals surface area contributed by atoms with Crippen LogP contribution in [0.1, 0.15) is 0 Å². The zero-order chi connectivity index (χ0) is 78.1. The summed E-state index contributed by atoms with van der Waals surface area (Å²) in [4.78, 5) is 0. The molecule has 552 valence electrons. The van der Waals surface area contributed by atoms with Crippen molar-refractivity contribution in [3.05, 3.63) is 413 Å². The number of aromatic nitrogens is 4. The Morgan fingerprint density at radius 2 is 0.508 bits per heavy atom. The fraction of sp³-hybridized carbons (Fsp3) is 0. The van der Waals surface area contributed by atoms with E-state index in [0.29, 0.717) is 0 Å². The Hall–Kier alpha value is -15.9. The lowest BCUT2D eigenvalue weighted by Crippen LogP contribution is -1.95. The van der Waals surface area contributed by atoms with Crippen LogP contribution in [0.3, 0.4) is 0 Å². The number of nitrogens with zero attached hydrogens (tertiary/aromatic N) is 4. The van der Waals surface area contributed by atoms with Crippen molar-refractivity contribution >= 4 is 141 Å². The molecule has 0 unspecified atom stereocenters. The molecule has 0 atom stereocenters. The maximum atomic E-state index is 2.52. The molecule has 4 nitrogen and oxygen atoms in total. The molecule has 4 heteroatoms. The fourth-order valence-corrected chi connectivity index (χ4v) is 21.3. The van der Waals surface area contributed by atoms with Gasteiger partial charge in [-0.05, 0) is 306 Å². The zero-order valence-electron chi connectivity index (χ0n) is 65.0. The number of rotatable bonds is 9. The van der Waals surface area contributed by atoms with Crippen LogP contribution < -0.4 is 0 Å². The molecule has 27 rings (SSSR count). The van der Waals surface area contributed by atoms with Crippen molar-refractivity contribution < 1.29 is 0 Å². The molecule has 0 aliphatic heterocycles. The van der Waals surface area contributed by atoms with E-state index >= 15 is 0 Å². The summed E-state index contributed by atoms with van der Waals surface area (Å²) in [6, 6.07) is 156. The molecule has 4 aromatic heterocycles. The molecule has 0 saturated carbocycles. The molecule has 0 N–H and O–H groups in total. The molecule has 120 heavy (non-hydrogen) atoms. The number of hydrogen-bond acceptors (Lipinski definition) is 0. The Labute approximate surface area is 690 Å². The van der Waals surface area contributed by atoms with Gasteiger partial charge in [0.2, 0.25) is 0 Å². The minimum Gasteiger partial charge on any atom is -0.309 e. The summed E-state index contributed by atoms with van der Waals surface area (Å²) in [5.74, 6) is 0. The van der Waals surface area contributed by atoms with E-state index in [1.807, 2.05) is 0 Å². The molecule has 0 saturated heterocycles. The first kappa shape index (κ1) is 65.4. The Morgan fingerprint density at radius 1 is 0.125 bits per heavy atom. The van der Waals surface area contributed by atoms with Crippen LogP contribution in [-0.2, 0) is 0 Å². The predicted octanol–water partition coefficient (Wildman–Crippen LogP) is 31.5. The summed E-state index contributed by atoms with van der Waals surface area (Å²) in [5.41, 5.74) is 36.2. The molecular weight excluding hydrogens is 1450 g/mol. The molecule has 21 aromatic carbocycles. The number of para-hydroxylation sites is 2. The van der Waals surface area contributed by atoms with Crippen molar-refractivity contribution in [2.75, 3.05) is 0 Å². The first-order chi connectivity index (χ1) is 59.5. The van der Waals surface area contributed by atoms with Gasteiger partial charge in [-0.1, -0.05) is 255 Å². The van der Waals surface area contributed by atoms with Gasteiger partial charge in [-0.15, -0.1) is 0 Å². The van der Waals surface area contributed by atoms with Crippen molar-refractivity contribution in [2.24, 2.45) is 0 Å². The van der Waals surface area contributed by atoms with Gasteiger partial charge >= 0.3 is 0 Å². The second-order valence-corrected chi connectivity index (χ2v) is 33.0. The van der Waals surface area contributed by atoms with E-state index in [-0.39, 0.29) is 0 Å². The zero-order valence-corrected chi connectivity index (χ0v) is 65.0. The van der Waals surface area contributed by atoms with Gasteiger partial charge < -0.3 is 18.3 Å². The Bertz CT molecular complexity index is 8840. The summed E-state index contributed by atoms with van der Waals surface area (Å²) in [6.07, 6.45) is 0. The van der Waals surface area contributed by atoms with E-state index in [4.69, 9.17) is 0 Å². The maximum absolute atomic E-state index is 2.52. The van der Waals surface area contributed by atoms with Crippen molar-refractivity contribution in [3.8, 4) is 123 Å². The number of fused-ring (bicyclic) bond motifs is 23. The van der Waals surface area contributed by atoms with E-state index in [0.717, 1.165) is 22.7 Å². The third kappa shape index (κ3) is 9.47. The molecule has 2 aliphatic rings. The third-order valence-corrected chi connectivity index (χ3v) is 26.7. The summed E-state index contributed by atoms with van der Waals surface area (Å²) in [7, 11) is 0. The highest BCUT2D eigenvalue weighted by atomic mass is 15.0.